The van der Waals surface area contributed by atoms with Gasteiger partial charge >= 0.3 is 5.97 Å². The number of hydrogen-bond acceptors (Lipinski definition) is 6. The Morgan fingerprint density at radius 1 is 1.16 bits per heavy atom. The van der Waals surface area contributed by atoms with Gasteiger partial charge in [-0.15, -0.1) is 11.3 Å². The van der Waals surface area contributed by atoms with Gasteiger partial charge < -0.3 is 24.5 Å². The molecule has 0 atom stereocenters. The van der Waals surface area contributed by atoms with Crippen molar-refractivity contribution < 1.29 is 23.8 Å². The zero-order chi connectivity index (χ0) is 22.7. The predicted octanol–water partition coefficient (Wildman–Crippen LogP) is 3.74. The molecule has 0 unspecified atom stereocenters. The van der Waals surface area contributed by atoms with Gasteiger partial charge in [-0.2, -0.15) is 0 Å². The molecule has 0 radical (unpaired) electrons. The maximum absolute atomic E-state index is 12.6. The minimum atomic E-state index is -0.499. The number of nitrogens with zero attached hydrogens (tertiary/aromatic N) is 1. The van der Waals surface area contributed by atoms with Crippen molar-refractivity contribution in [3.05, 3.63) is 57.5 Å². The van der Waals surface area contributed by atoms with Crippen LogP contribution >= 0.6 is 11.3 Å². The number of carbonyl (C=O) groups excluding carboxylic acids is 2. The Balaban J connectivity index is 1.82. The second-order valence-electron chi connectivity index (χ2n) is 7.56. The van der Waals surface area contributed by atoms with Gasteiger partial charge in [-0.1, -0.05) is 12.1 Å². The SMILES string of the molecule is COC(=O)CCc1c(-c2ccc3c(c2)OCCO3)c(C(N)=O)c(C)n1CCc1cccs1. The molecule has 0 saturated heterocycles. The Kier molecular flexibility index (Phi) is 6.50. The Morgan fingerprint density at radius 2 is 1.94 bits per heavy atom. The van der Waals surface area contributed by atoms with Crippen LogP contribution in [0, 0.1) is 6.92 Å². The van der Waals surface area contributed by atoms with Gasteiger partial charge in [-0.05, 0) is 48.9 Å². The lowest BCUT2D eigenvalue weighted by atomic mass is 9.97. The second-order valence-corrected chi connectivity index (χ2v) is 8.59. The first kappa shape index (κ1) is 22.0. The summed E-state index contributed by atoms with van der Waals surface area (Å²) in [5.74, 6) is 0.502. The number of carbonyl (C=O) groups is 2. The molecule has 0 fully saturated rings. The smallest absolute Gasteiger partial charge is 0.305 e. The fourth-order valence-corrected chi connectivity index (χ4v) is 4.87. The van der Waals surface area contributed by atoms with E-state index in [1.165, 1.54) is 12.0 Å². The third-order valence-corrected chi connectivity index (χ3v) is 6.60. The molecule has 0 aliphatic carbocycles. The molecule has 0 saturated carbocycles. The highest BCUT2D eigenvalue weighted by Gasteiger charge is 2.26. The van der Waals surface area contributed by atoms with E-state index in [4.69, 9.17) is 19.9 Å². The predicted molar refractivity (Wildman–Crippen MR) is 122 cm³/mol. The molecule has 2 aromatic heterocycles. The molecule has 7 nitrogen and oxygen atoms in total. The molecule has 4 rings (SSSR count). The number of primary amides is 1. The minimum Gasteiger partial charge on any atom is -0.486 e. The fourth-order valence-electron chi connectivity index (χ4n) is 4.17. The zero-order valence-corrected chi connectivity index (χ0v) is 19.0. The van der Waals surface area contributed by atoms with Gasteiger partial charge in [0.2, 0.25) is 0 Å². The fraction of sp³-hybridized carbons (Fsp3) is 0.333. The van der Waals surface area contributed by atoms with Crippen molar-refractivity contribution in [3.8, 4) is 22.6 Å². The number of hydrogen-bond donors (Lipinski definition) is 1. The standard InChI is InChI=1S/C24H26N2O5S/c1-15-22(24(25)28)23(16-5-7-19-20(14-16)31-12-11-30-19)18(6-8-21(27)29-2)26(15)10-9-17-4-3-13-32-17/h3-5,7,13-14H,6,8-12H2,1-2H3,(H2,25,28). The van der Waals surface area contributed by atoms with Crippen LogP contribution in [0.2, 0.25) is 0 Å². The lowest BCUT2D eigenvalue weighted by Crippen LogP contribution is -2.15. The van der Waals surface area contributed by atoms with Gasteiger partial charge in [0.25, 0.3) is 5.91 Å². The van der Waals surface area contributed by atoms with E-state index in [0.29, 0.717) is 43.2 Å². The maximum atomic E-state index is 12.6. The Bertz CT molecular complexity index is 1130. The average Bonchev–Trinajstić information content (AvgIpc) is 3.41. The van der Waals surface area contributed by atoms with E-state index in [9.17, 15) is 9.59 Å². The monoisotopic (exact) mass is 454 g/mol. The third-order valence-electron chi connectivity index (χ3n) is 5.66. The molecule has 1 aliphatic heterocycles. The van der Waals surface area contributed by atoms with Gasteiger partial charge in [0.05, 0.1) is 19.1 Å². The van der Waals surface area contributed by atoms with Crippen LogP contribution in [0.3, 0.4) is 0 Å². The molecule has 1 amide bonds. The first-order chi connectivity index (χ1) is 15.5. The Morgan fingerprint density at radius 3 is 2.62 bits per heavy atom. The molecule has 1 aromatic carbocycles. The van der Waals surface area contributed by atoms with Gasteiger partial charge in [0.15, 0.2) is 11.5 Å². The van der Waals surface area contributed by atoms with Crippen molar-refractivity contribution in [2.45, 2.75) is 32.7 Å². The van der Waals surface area contributed by atoms with Crippen LogP contribution in [0.4, 0.5) is 0 Å². The normalized spacial score (nSPS) is 12.6. The van der Waals surface area contributed by atoms with Gasteiger partial charge in [0.1, 0.15) is 13.2 Å². The highest BCUT2D eigenvalue weighted by Crippen LogP contribution is 2.39. The molecular formula is C24H26N2O5S. The molecule has 0 bridgehead atoms. The molecule has 168 valence electrons. The summed E-state index contributed by atoms with van der Waals surface area (Å²) in [4.78, 5) is 25.8. The summed E-state index contributed by atoms with van der Waals surface area (Å²) >= 11 is 1.70. The lowest BCUT2D eigenvalue weighted by molar-refractivity contribution is -0.140. The van der Waals surface area contributed by atoms with E-state index < -0.39 is 5.91 Å². The van der Waals surface area contributed by atoms with Crippen LogP contribution in [0.5, 0.6) is 11.5 Å². The number of nitrogens with two attached hydrogens (primary N) is 1. The number of fused-ring (bicyclic) bond motifs is 1. The minimum absolute atomic E-state index is 0.203. The quantitative estimate of drug-likeness (QED) is 0.524. The van der Waals surface area contributed by atoms with Crippen LogP contribution in [-0.4, -0.2) is 36.8 Å². The van der Waals surface area contributed by atoms with Crippen molar-refractivity contribution in [1.29, 1.82) is 0 Å². The van der Waals surface area contributed by atoms with Crippen molar-refractivity contribution in [1.82, 2.24) is 4.57 Å². The summed E-state index contributed by atoms with van der Waals surface area (Å²) in [7, 11) is 1.37. The van der Waals surface area contributed by atoms with Crippen molar-refractivity contribution >= 4 is 23.2 Å². The molecule has 32 heavy (non-hydrogen) atoms. The Labute approximate surface area is 190 Å². The van der Waals surface area contributed by atoms with Crippen LogP contribution < -0.4 is 15.2 Å². The first-order valence-electron chi connectivity index (χ1n) is 10.5. The van der Waals surface area contributed by atoms with E-state index in [2.05, 4.69) is 10.6 Å². The lowest BCUT2D eigenvalue weighted by Gasteiger charge is -2.19. The van der Waals surface area contributed by atoms with Crippen molar-refractivity contribution in [2.75, 3.05) is 20.3 Å². The summed E-state index contributed by atoms with van der Waals surface area (Å²) in [6.07, 6.45) is 1.45. The van der Waals surface area contributed by atoms with Crippen molar-refractivity contribution in [2.24, 2.45) is 5.73 Å². The molecule has 8 heteroatoms. The van der Waals surface area contributed by atoms with E-state index in [0.717, 1.165) is 28.9 Å². The average molecular weight is 455 g/mol. The molecule has 1 aliphatic rings. The maximum Gasteiger partial charge on any atom is 0.305 e. The van der Waals surface area contributed by atoms with Crippen LogP contribution in [0.15, 0.2) is 35.7 Å². The van der Waals surface area contributed by atoms with E-state index in [1.54, 1.807) is 11.3 Å². The number of esters is 1. The van der Waals surface area contributed by atoms with Gasteiger partial charge in [-0.25, -0.2) is 0 Å². The summed E-state index contributed by atoms with van der Waals surface area (Å²) in [5, 5.41) is 2.05. The Hall–Kier alpha value is -3.26. The number of aromatic nitrogens is 1. The highest BCUT2D eigenvalue weighted by atomic mass is 32.1. The van der Waals surface area contributed by atoms with Gasteiger partial charge in [0, 0.05) is 28.4 Å². The first-order valence-corrected chi connectivity index (χ1v) is 11.4. The molecule has 3 aromatic rings. The number of methoxy groups -OCH3 is 1. The molecule has 0 spiro atoms. The van der Waals surface area contributed by atoms with Crippen molar-refractivity contribution in [3.63, 3.8) is 0 Å². The zero-order valence-electron chi connectivity index (χ0n) is 18.2. The molecule has 2 N–H and O–H groups in total. The second kappa shape index (κ2) is 9.48. The largest absolute Gasteiger partial charge is 0.486 e. The van der Waals surface area contributed by atoms with Crippen LogP contribution in [0.1, 0.15) is 33.0 Å². The third kappa shape index (κ3) is 4.36. The number of thiophene rings is 1. The summed E-state index contributed by atoms with van der Waals surface area (Å²) in [6, 6.07) is 9.74. The summed E-state index contributed by atoms with van der Waals surface area (Å²) < 4.78 is 18.4. The number of amides is 1. The van der Waals surface area contributed by atoms with E-state index in [-0.39, 0.29) is 12.4 Å². The molecular weight excluding hydrogens is 428 g/mol. The topological polar surface area (TPSA) is 92.8 Å². The summed E-state index contributed by atoms with van der Waals surface area (Å²) in [5.41, 5.74) is 9.53. The number of benzene rings is 1. The van der Waals surface area contributed by atoms with Crippen LogP contribution in [-0.2, 0) is 28.9 Å². The molecule has 3 heterocycles. The summed E-state index contributed by atoms with van der Waals surface area (Å²) in [6.45, 7) is 3.54. The van der Waals surface area contributed by atoms with E-state index >= 15 is 0 Å². The number of aryl methyl sites for hydroxylation is 1. The van der Waals surface area contributed by atoms with Gasteiger partial charge in [-0.3, -0.25) is 9.59 Å². The highest BCUT2D eigenvalue weighted by molar-refractivity contribution is 7.09. The van der Waals surface area contributed by atoms with E-state index in [1.807, 2.05) is 36.6 Å². The number of ether oxygens (including phenoxy) is 3. The van der Waals surface area contributed by atoms with Crippen LogP contribution in [0.25, 0.3) is 11.1 Å². The number of rotatable bonds is 8.